The third kappa shape index (κ3) is 6.47. The second-order valence-corrected chi connectivity index (χ2v) is 9.11. The number of pyridine rings is 1. The average molecular weight is 555 g/mol. The van der Waals surface area contributed by atoms with Crippen LogP contribution in [0.3, 0.4) is 0 Å². The highest BCUT2D eigenvalue weighted by Gasteiger charge is 2.36. The first-order valence-corrected chi connectivity index (χ1v) is 12.3. The fourth-order valence-corrected chi connectivity index (χ4v) is 4.25. The molecule has 0 aliphatic carbocycles. The highest BCUT2D eigenvalue weighted by molar-refractivity contribution is 8.18. The molecule has 1 N–H and O–H groups in total. The van der Waals surface area contributed by atoms with Crippen LogP contribution in [-0.2, 0) is 9.59 Å². The number of nitrogens with zero attached hydrogens (tertiary/aromatic N) is 3. The molecule has 3 aromatic rings. The number of rotatable bonds is 9. The zero-order valence-electron chi connectivity index (χ0n) is 19.8. The van der Waals surface area contributed by atoms with Crippen LogP contribution < -0.4 is 14.8 Å². The molecule has 0 spiro atoms. The first-order chi connectivity index (χ1) is 18.2. The smallest absolute Gasteiger partial charge is 0.294 e. The summed E-state index contributed by atoms with van der Waals surface area (Å²) in [7, 11) is 0. The highest BCUT2D eigenvalue weighted by Crippen LogP contribution is 2.36. The summed E-state index contributed by atoms with van der Waals surface area (Å²) >= 11 is 6.56. The van der Waals surface area contributed by atoms with Gasteiger partial charge in [-0.2, -0.15) is 0 Å². The molecule has 2 heterocycles. The molecule has 1 aromatic heterocycles. The fourth-order valence-electron chi connectivity index (χ4n) is 3.29. The number of nitrogens with one attached hydrogen (secondary N) is 1. The van der Waals surface area contributed by atoms with E-state index in [-0.39, 0.29) is 16.5 Å². The van der Waals surface area contributed by atoms with Crippen LogP contribution in [0.2, 0.25) is 5.02 Å². The van der Waals surface area contributed by atoms with Gasteiger partial charge in [0.15, 0.2) is 11.5 Å². The van der Waals surface area contributed by atoms with Crippen LogP contribution in [-0.4, -0.2) is 45.0 Å². The Morgan fingerprint density at radius 2 is 1.92 bits per heavy atom. The first kappa shape index (κ1) is 26.6. The fraction of sp³-hybridized carbons (Fsp3) is 0.120. The number of amides is 3. The van der Waals surface area contributed by atoms with Crippen molar-refractivity contribution >= 4 is 57.9 Å². The molecule has 0 bridgehead atoms. The standard InChI is InChI=1S/C25H19ClN4O7S/c1-2-36-20-11-15(3-9-19(20)37-23-10-8-18(13-27-23)30(34)35)12-21-24(32)29(25(33)38-21)14-22(31)28-17-6-4-16(26)5-7-17/h3-13H,2,14H2,1H3,(H,28,31)/b21-12-. The van der Waals surface area contributed by atoms with E-state index in [9.17, 15) is 24.5 Å². The van der Waals surface area contributed by atoms with Crippen LogP contribution in [0.1, 0.15) is 12.5 Å². The van der Waals surface area contributed by atoms with Gasteiger partial charge < -0.3 is 14.8 Å². The van der Waals surface area contributed by atoms with E-state index < -0.39 is 28.5 Å². The van der Waals surface area contributed by atoms with Gasteiger partial charge in [-0.15, -0.1) is 0 Å². The summed E-state index contributed by atoms with van der Waals surface area (Å²) in [5.41, 5.74) is 0.860. The third-order valence-corrected chi connectivity index (χ3v) is 6.17. The van der Waals surface area contributed by atoms with Crippen LogP contribution in [0.25, 0.3) is 6.08 Å². The van der Waals surface area contributed by atoms with Gasteiger partial charge in [0.2, 0.25) is 11.8 Å². The zero-order valence-corrected chi connectivity index (χ0v) is 21.3. The summed E-state index contributed by atoms with van der Waals surface area (Å²) in [5.74, 6) is -0.363. The Kier molecular flexibility index (Phi) is 8.24. The minimum Gasteiger partial charge on any atom is -0.490 e. The highest BCUT2D eigenvalue weighted by atomic mass is 35.5. The van der Waals surface area contributed by atoms with Gasteiger partial charge in [0.05, 0.1) is 16.4 Å². The van der Waals surface area contributed by atoms with Crippen LogP contribution in [0.4, 0.5) is 16.2 Å². The van der Waals surface area contributed by atoms with Crippen molar-refractivity contribution in [2.24, 2.45) is 0 Å². The summed E-state index contributed by atoms with van der Waals surface area (Å²) in [5, 5.41) is 13.4. The molecule has 3 amide bonds. The summed E-state index contributed by atoms with van der Waals surface area (Å²) in [6.07, 6.45) is 2.59. The maximum atomic E-state index is 12.9. The van der Waals surface area contributed by atoms with Gasteiger partial charge in [0.25, 0.3) is 16.8 Å². The Morgan fingerprint density at radius 1 is 1.16 bits per heavy atom. The zero-order chi connectivity index (χ0) is 27.2. The number of ether oxygens (including phenoxy) is 2. The van der Waals surface area contributed by atoms with Crippen LogP contribution in [0.15, 0.2) is 65.7 Å². The van der Waals surface area contributed by atoms with Crippen molar-refractivity contribution in [3.05, 3.63) is 86.4 Å². The number of carbonyl (C=O) groups excluding carboxylic acids is 3. The number of carbonyl (C=O) groups is 3. The number of halogens is 1. The van der Waals surface area contributed by atoms with Crippen molar-refractivity contribution in [3.8, 4) is 17.4 Å². The monoisotopic (exact) mass is 554 g/mol. The number of aromatic nitrogens is 1. The Bertz CT molecular complexity index is 1430. The minimum atomic E-state index is -0.598. The Hall–Kier alpha value is -4.42. The number of benzene rings is 2. The number of thioether (sulfide) groups is 1. The van der Waals surface area contributed by atoms with Gasteiger partial charge in [0, 0.05) is 22.8 Å². The normalized spacial score (nSPS) is 14.1. The lowest BCUT2D eigenvalue weighted by Gasteiger charge is -2.13. The van der Waals surface area contributed by atoms with E-state index in [4.69, 9.17) is 21.1 Å². The van der Waals surface area contributed by atoms with Crippen molar-refractivity contribution in [1.29, 1.82) is 0 Å². The van der Waals surface area contributed by atoms with E-state index in [0.717, 1.165) is 22.9 Å². The van der Waals surface area contributed by atoms with Gasteiger partial charge >= 0.3 is 0 Å². The number of anilines is 1. The van der Waals surface area contributed by atoms with Crippen molar-refractivity contribution < 1.29 is 28.8 Å². The molecule has 4 rings (SSSR count). The van der Waals surface area contributed by atoms with Crippen LogP contribution in [0.5, 0.6) is 17.4 Å². The minimum absolute atomic E-state index is 0.127. The summed E-state index contributed by atoms with van der Waals surface area (Å²) < 4.78 is 11.4. The molecule has 1 aliphatic heterocycles. The predicted molar refractivity (Wildman–Crippen MR) is 141 cm³/mol. The lowest BCUT2D eigenvalue weighted by atomic mass is 10.2. The molecule has 11 nitrogen and oxygen atoms in total. The molecule has 1 aliphatic rings. The quantitative estimate of drug-likeness (QED) is 0.206. The van der Waals surface area contributed by atoms with Crippen LogP contribution >= 0.6 is 23.4 Å². The summed E-state index contributed by atoms with van der Waals surface area (Å²) in [6, 6.07) is 13.9. The largest absolute Gasteiger partial charge is 0.490 e. The number of hydrogen-bond acceptors (Lipinski definition) is 9. The number of imide groups is 1. The Labute approximate surface area is 225 Å². The maximum Gasteiger partial charge on any atom is 0.294 e. The lowest BCUT2D eigenvalue weighted by molar-refractivity contribution is -0.385. The molecule has 0 unspecified atom stereocenters. The molecule has 13 heteroatoms. The van der Waals surface area contributed by atoms with E-state index in [1.165, 1.54) is 18.2 Å². The maximum absolute atomic E-state index is 12.9. The van der Waals surface area contributed by atoms with Gasteiger partial charge in [-0.3, -0.25) is 29.4 Å². The number of hydrogen-bond donors (Lipinski definition) is 1. The van der Waals surface area contributed by atoms with Gasteiger partial charge in [-0.05, 0) is 66.7 Å². The first-order valence-electron chi connectivity index (χ1n) is 11.1. The molecule has 2 aromatic carbocycles. The Balaban J connectivity index is 1.47. The van der Waals surface area contributed by atoms with Crippen molar-refractivity contribution in [3.63, 3.8) is 0 Å². The van der Waals surface area contributed by atoms with Gasteiger partial charge in [0.1, 0.15) is 12.7 Å². The van der Waals surface area contributed by atoms with E-state index >= 15 is 0 Å². The summed E-state index contributed by atoms with van der Waals surface area (Å²) in [6.45, 7) is 1.65. The molecule has 1 saturated heterocycles. The van der Waals surface area contributed by atoms with Crippen molar-refractivity contribution in [2.45, 2.75) is 6.92 Å². The summed E-state index contributed by atoms with van der Waals surface area (Å²) in [4.78, 5) is 52.9. The molecule has 1 fully saturated rings. The predicted octanol–water partition coefficient (Wildman–Crippen LogP) is 5.51. The van der Waals surface area contributed by atoms with E-state index in [1.807, 2.05) is 0 Å². The van der Waals surface area contributed by atoms with Crippen molar-refractivity contribution in [1.82, 2.24) is 9.88 Å². The van der Waals surface area contributed by atoms with E-state index in [0.29, 0.717) is 34.4 Å². The molecular formula is C25H19ClN4O7S. The van der Waals surface area contributed by atoms with Crippen LogP contribution in [0, 0.1) is 10.1 Å². The molecule has 0 saturated carbocycles. The second kappa shape index (κ2) is 11.8. The van der Waals surface area contributed by atoms with Gasteiger partial charge in [-0.25, -0.2) is 4.98 Å². The van der Waals surface area contributed by atoms with Crippen molar-refractivity contribution in [2.75, 3.05) is 18.5 Å². The topological polar surface area (TPSA) is 141 Å². The third-order valence-electron chi connectivity index (χ3n) is 5.01. The molecule has 0 atom stereocenters. The van der Waals surface area contributed by atoms with Gasteiger partial charge in [-0.1, -0.05) is 17.7 Å². The second-order valence-electron chi connectivity index (χ2n) is 7.68. The van der Waals surface area contributed by atoms with E-state index in [1.54, 1.807) is 49.4 Å². The molecule has 38 heavy (non-hydrogen) atoms. The van der Waals surface area contributed by atoms with E-state index in [2.05, 4.69) is 10.3 Å². The lowest BCUT2D eigenvalue weighted by Crippen LogP contribution is -2.36. The molecule has 194 valence electrons. The molecular weight excluding hydrogens is 536 g/mol. The molecule has 0 radical (unpaired) electrons. The SMILES string of the molecule is CCOc1cc(/C=C2\SC(=O)N(CC(=O)Nc3ccc(Cl)cc3)C2=O)ccc1Oc1ccc([N+](=O)[O-])cn1. The average Bonchev–Trinajstić information content (AvgIpc) is 3.14. The Morgan fingerprint density at radius 3 is 2.58 bits per heavy atom. The number of nitro groups is 1.